The number of rotatable bonds is 7. The van der Waals surface area contributed by atoms with Crippen molar-refractivity contribution in [1.82, 2.24) is 9.78 Å². The van der Waals surface area contributed by atoms with Crippen LogP contribution in [0.5, 0.6) is 11.5 Å². The summed E-state index contributed by atoms with van der Waals surface area (Å²) < 4.78 is 12.3. The van der Waals surface area contributed by atoms with Gasteiger partial charge in [0, 0.05) is 23.8 Å². The number of nitrogens with zero attached hydrogens (tertiary/aromatic N) is 2. The second-order valence-electron chi connectivity index (χ2n) is 6.24. The molecule has 2 aromatic carbocycles. The maximum absolute atomic E-state index is 12.4. The number of aryl methyl sites for hydroxylation is 1. The number of methoxy groups -OCH3 is 2. The van der Waals surface area contributed by atoms with Crippen LogP contribution in [0.4, 0.5) is 5.82 Å². The van der Waals surface area contributed by atoms with Crippen molar-refractivity contribution in [3.63, 3.8) is 0 Å². The van der Waals surface area contributed by atoms with Crippen LogP contribution in [-0.4, -0.2) is 29.9 Å². The number of hydrogen-bond donors (Lipinski definition) is 1. The lowest BCUT2D eigenvalue weighted by molar-refractivity contribution is -0.111. The van der Waals surface area contributed by atoms with Crippen LogP contribution in [0, 0.1) is 6.92 Å². The Morgan fingerprint density at radius 3 is 2.61 bits per heavy atom. The summed E-state index contributed by atoms with van der Waals surface area (Å²) in [5.74, 6) is 1.73. The van der Waals surface area contributed by atoms with Gasteiger partial charge in [-0.25, -0.2) is 4.68 Å². The number of nitrogens with one attached hydrogen (secondary N) is 1. The summed E-state index contributed by atoms with van der Waals surface area (Å²) in [5, 5.41) is 7.36. The first-order chi connectivity index (χ1) is 13.6. The van der Waals surface area contributed by atoms with Crippen LogP contribution in [0.1, 0.15) is 16.8 Å². The largest absolute Gasteiger partial charge is 0.497 e. The van der Waals surface area contributed by atoms with E-state index < -0.39 is 0 Å². The molecule has 0 fully saturated rings. The molecule has 0 saturated carbocycles. The van der Waals surface area contributed by atoms with Crippen molar-refractivity contribution in [1.29, 1.82) is 0 Å². The van der Waals surface area contributed by atoms with E-state index in [0.29, 0.717) is 23.9 Å². The van der Waals surface area contributed by atoms with E-state index in [1.54, 1.807) is 31.0 Å². The zero-order chi connectivity index (χ0) is 19.9. The molecule has 0 radical (unpaired) electrons. The van der Waals surface area contributed by atoms with Crippen molar-refractivity contribution in [3.05, 3.63) is 77.5 Å². The quantitative estimate of drug-likeness (QED) is 0.634. The molecule has 6 heteroatoms. The zero-order valence-corrected chi connectivity index (χ0v) is 16.2. The van der Waals surface area contributed by atoms with Crippen molar-refractivity contribution in [3.8, 4) is 11.5 Å². The predicted molar refractivity (Wildman–Crippen MR) is 110 cm³/mol. The van der Waals surface area contributed by atoms with Gasteiger partial charge in [-0.2, -0.15) is 5.10 Å². The van der Waals surface area contributed by atoms with Crippen molar-refractivity contribution in [2.75, 3.05) is 19.5 Å². The highest BCUT2D eigenvalue weighted by molar-refractivity contribution is 6.01. The average Bonchev–Trinajstić information content (AvgIpc) is 3.05. The van der Waals surface area contributed by atoms with Crippen LogP contribution in [0.15, 0.2) is 60.7 Å². The van der Waals surface area contributed by atoms with Gasteiger partial charge in [-0.1, -0.05) is 30.3 Å². The number of ether oxygens (including phenoxy) is 2. The Balaban J connectivity index is 1.72. The summed E-state index contributed by atoms with van der Waals surface area (Å²) in [6.07, 6.45) is 3.18. The SMILES string of the molecule is COc1ccc(/C=C/C(=O)Nc2cc(C)nn2Cc2ccccc2)c(OC)c1. The van der Waals surface area contributed by atoms with E-state index >= 15 is 0 Å². The first-order valence-electron chi connectivity index (χ1n) is 8.88. The second-order valence-corrected chi connectivity index (χ2v) is 6.24. The van der Waals surface area contributed by atoms with Gasteiger partial charge in [0.15, 0.2) is 0 Å². The number of benzene rings is 2. The van der Waals surface area contributed by atoms with Crippen LogP contribution < -0.4 is 14.8 Å². The van der Waals surface area contributed by atoms with Gasteiger partial charge in [-0.3, -0.25) is 4.79 Å². The predicted octanol–water partition coefficient (Wildman–Crippen LogP) is 3.91. The van der Waals surface area contributed by atoms with Crippen molar-refractivity contribution in [2.45, 2.75) is 13.5 Å². The van der Waals surface area contributed by atoms with Gasteiger partial charge in [-0.15, -0.1) is 0 Å². The number of anilines is 1. The van der Waals surface area contributed by atoms with Gasteiger partial charge in [0.05, 0.1) is 26.5 Å². The molecule has 0 aliphatic heterocycles. The highest BCUT2D eigenvalue weighted by Crippen LogP contribution is 2.25. The fraction of sp³-hybridized carbons (Fsp3) is 0.182. The van der Waals surface area contributed by atoms with Crippen LogP contribution in [0.25, 0.3) is 6.08 Å². The lowest BCUT2D eigenvalue weighted by Crippen LogP contribution is -2.13. The second kappa shape index (κ2) is 8.90. The molecule has 0 aliphatic carbocycles. The van der Waals surface area contributed by atoms with E-state index in [4.69, 9.17) is 9.47 Å². The molecule has 1 amide bonds. The standard InChI is InChI=1S/C22H23N3O3/c1-16-13-21(25(24-16)15-17-7-5-4-6-8-17)23-22(26)12-10-18-9-11-19(27-2)14-20(18)28-3/h4-14H,15H2,1-3H3,(H,23,26)/b12-10+. The van der Waals surface area contributed by atoms with Crippen molar-refractivity contribution >= 4 is 17.8 Å². The maximum atomic E-state index is 12.4. The van der Waals surface area contributed by atoms with Crippen LogP contribution in [0.3, 0.4) is 0 Å². The minimum absolute atomic E-state index is 0.243. The number of aromatic nitrogens is 2. The molecule has 0 aliphatic rings. The molecule has 3 rings (SSSR count). The fourth-order valence-electron chi connectivity index (χ4n) is 2.81. The normalized spacial score (nSPS) is 10.8. The molecule has 1 heterocycles. The molecule has 1 N–H and O–H groups in total. The molecule has 144 valence electrons. The fourth-order valence-corrected chi connectivity index (χ4v) is 2.81. The van der Waals surface area contributed by atoms with E-state index in [0.717, 1.165) is 16.8 Å². The third-order valence-corrected chi connectivity index (χ3v) is 4.18. The number of amides is 1. The summed E-state index contributed by atoms with van der Waals surface area (Å²) in [6, 6.07) is 17.3. The third kappa shape index (κ3) is 4.79. The van der Waals surface area contributed by atoms with Crippen molar-refractivity contribution in [2.24, 2.45) is 0 Å². The monoisotopic (exact) mass is 377 g/mol. The molecule has 0 spiro atoms. The Hall–Kier alpha value is -3.54. The first-order valence-corrected chi connectivity index (χ1v) is 8.88. The number of carbonyl (C=O) groups is 1. The summed E-state index contributed by atoms with van der Waals surface area (Å²) in [6.45, 7) is 2.48. The van der Waals surface area contributed by atoms with Crippen LogP contribution >= 0.6 is 0 Å². The van der Waals surface area contributed by atoms with E-state index in [2.05, 4.69) is 10.4 Å². The van der Waals surface area contributed by atoms with E-state index in [-0.39, 0.29) is 5.91 Å². The average molecular weight is 377 g/mol. The Bertz CT molecular complexity index is 978. The minimum Gasteiger partial charge on any atom is -0.497 e. The first kappa shape index (κ1) is 19.2. The van der Waals surface area contributed by atoms with Crippen LogP contribution in [-0.2, 0) is 11.3 Å². The van der Waals surface area contributed by atoms with Gasteiger partial charge in [0.1, 0.15) is 17.3 Å². The zero-order valence-electron chi connectivity index (χ0n) is 16.2. The molecule has 28 heavy (non-hydrogen) atoms. The number of hydrogen-bond acceptors (Lipinski definition) is 4. The van der Waals surface area contributed by atoms with E-state index in [1.165, 1.54) is 6.08 Å². The van der Waals surface area contributed by atoms with Gasteiger partial charge in [0.2, 0.25) is 5.91 Å². The Morgan fingerprint density at radius 2 is 1.89 bits per heavy atom. The van der Waals surface area contributed by atoms with Gasteiger partial charge >= 0.3 is 0 Å². The summed E-state index contributed by atoms with van der Waals surface area (Å²) in [5.41, 5.74) is 2.74. The molecule has 6 nitrogen and oxygen atoms in total. The Labute approximate surface area is 164 Å². The Morgan fingerprint density at radius 1 is 1.11 bits per heavy atom. The lowest BCUT2D eigenvalue weighted by Gasteiger charge is -2.08. The van der Waals surface area contributed by atoms with Crippen molar-refractivity contribution < 1.29 is 14.3 Å². The highest BCUT2D eigenvalue weighted by Gasteiger charge is 2.09. The van der Waals surface area contributed by atoms with Crippen LogP contribution in [0.2, 0.25) is 0 Å². The maximum Gasteiger partial charge on any atom is 0.249 e. The third-order valence-electron chi connectivity index (χ3n) is 4.18. The molecule has 3 aromatic rings. The molecular formula is C22H23N3O3. The van der Waals surface area contributed by atoms with Gasteiger partial charge in [-0.05, 0) is 30.7 Å². The van der Waals surface area contributed by atoms with Gasteiger partial charge < -0.3 is 14.8 Å². The van der Waals surface area contributed by atoms with E-state index in [9.17, 15) is 4.79 Å². The molecule has 0 unspecified atom stereocenters. The molecule has 1 aromatic heterocycles. The molecule has 0 bridgehead atoms. The lowest BCUT2D eigenvalue weighted by atomic mass is 10.1. The highest BCUT2D eigenvalue weighted by atomic mass is 16.5. The Kier molecular flexibility index (Phi) is 6.11. The van der Waals surface area contributed by atoms with E-state index in [1.807, 2.05) is 55.5 Å². The summed E-state index contributed by atoms with van der Waals surface area (Å²) >= 11 is 0. The van der Waals surface area contributed by atoms with Gasteiger partial charge in [0.25, 0.3) is 0 Å². The smallest absolute Gasteiger partial charge is 0.249 e. The summed E-state index contributed by atoms with van der Waals surface area (Å²) in [7, 11) is 3.18. The molecule has 0 atom stereocenters. The topological polar surface area (TPSA) is 65.4 Å². The molecular weight excluding hydrogens is 354 g/mol. The summed E-state index contributed by atoms with van der Waals surface area (Å²) in [4.78, 5) is 12.4. The minimum atomic E-state index is -0.243. The molecule has 0 saturated heterocycles. The number of carbonyl (C=O) groups excluding carboxylic acids is 1.